The lowest BCUT2D eigenvalue weighted by Gasteiger charge is -2.38. The number of methoxy groups -OCH3 is 1. The number of nitrogens with zero attached hydrogens (tertiary/aromatic N) is 2. The first-order valence-corrected chi connectivity index (χ1v) is 11.3. The van der Waals surface area contributed by atoms with Gasteiger partial charge in [-0.3, -0.25) is 14.7 Å². The second-order valence-corrected chi connectivity index (χ2v) is 8.15. The van der Waals surface area contributed by atoms with Crippen LogP contribution in [0.2, 0.25) is 0 Å². The van der Waals surface area contributed by atoms with Crippen molar-refractivity contribution in [1.82, 2.24) is 20.9 Å². The maximum absolute atomic E-state index is 12.2. The first-order chi connectivity index (χ1) is 15.6. The monoisotopic (exact) mass is 565 g/mol. The Bertz CT molecular complexity index is 876. The number of benzene rings is 2. The van der Waals surface area contributed by atoms with Gasteiger partial charge in [-0.2, -0.15) is 0 Å². The third-order valence-corrected chi connectivity index (χ3v) is 5.86. The molecule has 0 aromatic heterocycles. The second kappa shape index (κ2) is 14.0. The van der Waals surface area contributed by atoms with E-state index in [4.69, 9.17) is 4.74 Å². The molecule has 2 unspecified atom stereocenters. The highest BCUT2D eigenvalue weighted by Crippen LogP contribution is 2.20. The molecule has 0 saturated carbocycles. The van der Waals surface area contributed by atoms with Crippen molar-refractivity contribution in [3.8, 4) is 5.75 Å². The maximum atomic E-state index is 12.2. The first-order valence-electron chi connectivity index (χ1n) is 11.3. The minimum atomic E-state index is -0.1000. The van der Waals surface area contributed by atoms with Crippen LogP contribution in [0.25, 0.3) is 0 Å². The quantitative estimate of drug-likeness (QED) is 0.198. The van der Waals surface area contributed by atoms with Crippen LogP contribution in [0.3, 0.4) is 0 Å². The average molecular weight is 566 g/mol. The lowest BCUT2D eigenvalue weighted by molar-refractivity contribution is 0.0954. The number of ether oxygens (including phenoxy) is 1. The maximum Gasteiger partial charge on any atom is 0.251 e. The van der Waals surface area contributed by atoms with E-state index in [1.54, 1.807) is 38.4 Å². The highest BCUT2D eigenvalue weighted by atomic mass is 127. The third kappa shape index (κ3) is 8.51. The molecule has 1 aliphatic rings. The van der Waals surface area contributed by atoms with Crippen LogP contribution in [-0.2, 0) is 6.54 Å². The molecule has 0 radical (unpaired) electrons. The van der Waals surface area contributed by atoms with E-state index in [1.807, 2.05) is 0 Å². The van der Waals surface area contributed by atoms with Gasteiger partial charge in [0.15, 0.2) is 5.96 Å². The Hall–Kier alpha value is -2.33. The second-order valence-electron chi connectivity index (χ2n) is 8.15. The van der Waals surface area contributed by atoms with Crippen molar-refractivity contribution in [2.75, 3.05) is 33.8 Å². The fourth-order valence-corrected chi connectivity index (χ4v) is 3.99. The summed E-state index contributed by atoms with van der Waals surface area (Å²) in [5.41, 5.74) is 1.98. The first kappa shape index (κ1) is 26.9. The Labute approximate surface area is 214 Å². The predicted molar refractivity (Wildman–Crippen MR) is 145 cm³/mol. The molecule has 2 aromatic rings. The molecule has 8 heteroatoms. The Morgan fingerprint density at radius 1 is 1.09 bits per heavy atom. The molecule has 33 heavy (non-hydrogen) atoms. The van der Waals surface area contributed by atoms with Crippen LogP contribution in [0.5, 0.6) is 5.75 Å². The minimum Gasteiger partial charge on any atom is -0.497 e. The van der Waals surface area contributed by atoms with Gasteiger partial charge in [-0.25, -0.2) is 0 Å². The summed E-state index contributed by atoms with van der Waals surface area (Å²) in [7, 11) is 3.38. The molecule has 180 valence electrons. The van der Waals surface area contributed by atoms with Gasteiger partial charge in [0.1, 0.15) is 5.75 Å². The Balaban J connectivity index is 0.00000385. The highest BCUT2D eigenvalue weighted by Gasteiger charge is 2.25. The smallest absolute Gasteiger partial charge is 0.251 e. The lowest BCUT2D eigenvalue weighted by atomic mass is 9.97. The van der Waals surface area contributed by atoms with Gasteiger partial charge in [0.2, 0.25) is 0 Å². The summed E-state index contributed by atoms with van der Waals surface area (Å²) < 4.78 is 5.12. The zero-order valence-electron chi connectivity index (χ0n) is 19.7. The summed E-state index contributed by atoms with van der Waals surface area (Å²) in [6.45, 7) is 5.46. The lowest BCUT2D eigenvalue weighted by Crippen LogP contribution is -2.52. The summed E-state index contributed by atoms with van der Waals surface area (Å²) in [6, 6.07) is 18.6. The van der Waals surface area contributed by atoms with Gasteiger partial charge < -0.3 is 20.7 Å². The fourth-order valence-electron chi connectivity index (χ4n) is 3.99. The van der Waals surface area contributed by atoms with Crippen LogP contribution in [0.15, 0.2) is 59.6 Å². The Morgan fingerprint density at radius 3 is 2.42 bits per heavy atom. The summed E-state index contributed by atoms with van der Waals surface area (Å²) in [5.74, 6) is 1.41. The summed E-state index contributed by atoms with van der Waals surface area (Å²) in [5, 5.41) is 9.76. The average Bonchev–Trinajstić information content (AvgIpc) is 2.83. The molecule has 1 aliphatic heterocycles. The van der Waals surface area contributed by atoms with E-state index in [1.165, 1.54) is 5.56 Å². The third-order valence-electron chi connectivity index (χ3n) is 5.86. The predicted octanol–water partition coefficient (Wildman–Crippen LogP) is 3.26. The molecule has 7 nitrogen and oxygen atoms in total. The number of piperidine rings is 1. The molecular weight excluding hydrogens is 529 g/mol. The molecule has 1 heterocycles. The molecule has 0 spiro atoms. The van der Waals surface area contributed by atoms with Crippen molar-refractivity contribution in [2.24, 2.45) is 4.99 Å². The standard InChI is InChI=1S/C25H35N5O2.HI/c1-19-17-22(13-16-30(19)18-20-7-5-4-6-8-20)29-25(26-2)28-15-14-27-24(31)21-9-11-23(32-3)12-10-21;/h4-12,19,22H,13-18H2,1-3H3,(H,27,31)(H2,26,28,29);1H. The molecule has 0 aliphatic carbocycles. The van der Waals surface area contributed by atoms with Crippen molar-refractivity contribution in [3.63, 3.8) is 0 Å². The number of hydrogen-bond acceptors (Lipinski definition) is 4. The van der Waals surface area contributed by atoms with Crippen LogP contribution >= 0.6 is 24.0 Å². The van der Waals surface area contributed by atoms with Crippen molar-refractivity contribution in [2.45, 2.75) is 38.4 Å². The number of nitrogens with one attached hydrogen (secondary N) is 3. The van der Waals surface area contributed by atoms with E-state index < -0.39 is 0 Å². The van der Waals surface area contributed by atoms with Gasteiger partial charge in [-0.05, 0) is 49.6 Å². The van der Waals surface area contributed by atoms with Crippen LogP contribution in [0.4, 0.5) is 0 Å². The molecule has 3 rings (SSSR count). The number of hydrogen-bond donors (Lipinski definition) is 3. The van der Waals surface area contributed by atoms with Crippen LogP contribution in [-0.4, -0.2) is 62.6 Å². The number of carbonyl (C=O) groups is 1. The Kier molecular flexibility index (Phi) is 11.5. The van der Waals surface area contributed by atoms with Gasteiger partial charge in [-0.15, -0.1) is 24.0 Å². The summed E-state index contributed by atoms with van der Waals surface area (Å²) >= 11 is 0. The fraction of sp³-hybridized carbons (Fsp3) is 0.440. The largest absolute Gasteiger partial charge is 0.497 e. The normalized spacial score (nSPS) is 18.7. The van der Waals surface area contributed by atoms with E-state index >= 15 is 0 Å². The number of amides is 1. The zero-order valence-corrected chi connectivity index (χ0v) is 22.0. The number of carbonyl (C=O) groups excluding carboxylic acids is 1. The van der Waals surface area contributed by atoms with Crippen LogP contribution in [0, 0.1) is 0 Å². The van der Waals surface area contributed by atoms with Gasteiger partial charge in [0, 0.05) is 50.9 Å². The van der Waals surface area contributed by atoms with Crippen LogP contribution in [0.1, 0.15) is 35.7 Å². The highest BCUT2D eigenvalue weighted by molar-refractivity contribution is 14.0. The minimum absolute atomic E-state index is 0. The molecular formula is C25H36IN5O2. The molecule has 2 atom stereocenters. The van der Waals surface area contributed by atoms with Gasteiger partial charge in [0.25, 0.3) is 5.91 Å². The molecule has 1 fully saturated rings. The van der Waals surface area contributed by atoms with E-state index in [2.05, 4.69) is 63.1 Å². The number of halogens is 1. The summed E-state index contributed by atoms with van der Waals surface area (Å²) in [4.78, 5) is 19.1. The molecule has 1 amide bonds. The number of aliphatic imine (C=N–C) groups is 1. The van der Waals surface area contributed by atoms with Crippen molar-refractivity contribution in [3.05, 3.63) is 65.7 Å². The van der Waals surface area contributed by atoms with E-state index in [9.17, 15) is 4.79 Å². The van der Waals surface area contributed by atoms with Crippen molar-refractivity contribution >= 4 is 35.8 Å². The molecule has 1 saturated heterocycles. The van der Waals surface area contributed by atoms with Crippen LogP contribution < -0.4 is 20.7 Å². The summed E-state index contributed by atoms with van der Waals surface area (Å²) in [6.07, 6.45) is 2.15. The van der Waals surface area contributed by atoms with E-state index in [-0.39, 0.29) is 29.9 Å². The van der Waals surface area contributed by atoms with E-state index in [0.29, 0.717) is 30.7 Å². The Morgan fingerprint density at radius 2 is 1.79 bits per heavy atom. The van der Waals surface area contributed by atoms with Gasteiger partial charge in [0.05, 0.1) is 7.11 Å². The van der Waals surface area contributed by atoms with Gasteiger partial charge in [-0.1, -0.05) is 30.3 Å². The molecule has 3 N–H and O–H groups in total. The molecule has 0 bridgehead atoms. The number of guanidine groups is 1. The van der Waals surface area contributed by atoms with Crippen molar-refractivity contribution < 1.29 is 9.53 Å². The van der Waals surface area contributed by atoms with Gasteiger partial charge >= 0.3 is 0 Å². The molecule has 2 aromatic carbocycles. The number of likely N-dealkylation sites (tertiary alicyclic amines) is 1. The van der Waals surface area contributed by atoms with Crippen molar-refractivity contribution in [1.29, 1.82) is 0 Å². The van der Waals surface area contributed by atoms with E-state index in [0.717, 1.165) is 37.6 Å². The SMILES string of the molecule is CN=C(NCCNC(=O)c1ccc(OC)cc1)NC1CCN(Cc2ccccc2)C(C)C1.I. The topological polar surface area (TPSA) is 78.0 Å². The number of rotatable bonds is 8. The zero-order chi connectivity index (χ0) is 22.8.